The second-order valence-corrected chi connectivity index (χ2v) is 4.69. The average Bonchev–Trinajstić information content (AvgIpc) is 2.51. The molecule has 2 N–H and O–H groups in total. The van der Waals surface area contributed by atoms with Crippen LogP contribution in [-0.2, 0) is 16.0 Å². The summed E-state index contributed by atoms with van der Waals surface area (Å²) in [5.74, 6) is -0.712. The molecule has 0 amide bonds. The molecule has 0 fully saturated rings. The van der Waals surface area contributed by atoms with Crippen LogP contribution in [0.3, 0.4) is 0 Å². The van der Waals surface area contributed by atoms with Crippen molar-refractivity contribution in [3.63, 3.8) is 0 Å². The number of aryl methyl sites for hydroxylation is 1. The lowest BCUT2D eigenvalue weighted by atomic mass is 10.1. The molecule has 0 atom stereocenters. The summed E-state index contributed by atoms with van der Waals surface area (Å²) in [5.41, 5.74) is 5.93. The van der Waals surface area contributed by atoms with Crippen LogP contribution in [0.5, 0.6) is 0 Å². The Morgan fingerprint density at radius 3 is 2.91 bits per heavy atom. The number of fused-ring (bicyclic) bond motifs is 1. The van der Waals surface area contributed by atoms with E-state index in [0.717, 1.165) is 0 Å². The van der Waals surface area contributed by atoms with Crippen molar-refractivity contribution in [1.82, 2.24) is 9.55 Å². The minimum atomic E-state index is -0.712. The predicted molar refractivity (Wildman–Crippen MR) is 82.9 cm³/mol. The maximum absolute atomic E-state index is 12.6. The van der Waals surface area contributed by atoms with Crippen LogP contribution in [-0.4, -0.2) is 35.8 Å². The molecule has 0 bridgehead atoms. The summed E-state index contributed by atoms with van der Waals surface area (Å²) >= 11 is 0. The molecule has 0 aliphatic rings. The first-order chi connectivity index (χ1) is 10.6. The molecule has 7 heteroatoms. The van der Waals surface area contributed by atoms with Gasteiger partial charge in [-0.1, -0.05) is 0 Å². The van der Waals surface area contributed by atoms with E-state index in [2.05, 4.69) is 4.98 Å². The minimum Gasteiger partial charge on any atom is -0.462 e. The molecule has 118 valence electrons. The number of rotatable bonds is 6. The summed E-state index contributed by atoms with van der Waals surface area (Å²) in [6, 6.07) is 3.43. The fraction of sp³-hybridized carbons (Fsp3) is 0.400. The van der Waals surface area contributed by atoms with E-state index in [0.29, 0.717) is 30.6 Å². The first-order valence-corrected chi connectivity index (χ1v) is 7.04. The maximum atomic E-state index is 12.6. The van der Waals surface area contributed by atoms with E-state index in [1.807, 2.05) is 0 Å². The van der Waals surface area contributed by atoms with Gasteiger partial charge in [0.2, 0.25) is 0 Å². The zero-order valence-corrected chi connectivity index (χ0v) is 12.7. The Labute approximate surface area is 127 Å². The van der Waals surface area contributed by atoms with Gasteiger partial charge in [-0.05, 0) is 25.5 Å². The molecular weight excluding hydrogens is 286 g/mol. The van der Waals surface area contributed by atoms with E-state index in [4.69, 9.17) is 15.2 Å². The van der Waals surface area contributed by atoms with Gasteiger partial charge in [0.25, 0.3) is 5.56 Å². The zero-order valence-electron chi connectivity index (χ0n) is 12.7. The molecule has 0 saturated carbocycles. The third kappa shape index (κ3) is 2.94. The highest BCUT2D eigenvalue weighted by atomic mass is 16.5. The number of pyridine rings is 2. The molecule has 22 heavy (non-hydrogen) atoms. The van der Waals surface area contributed by atoms with E-state index in [9.17, 15) is 9.59 Å². The van der Waals surface area contributed by atoms with Gasteiger partial charge in [0.1, 0.15) is 11.2 Å². The Balaban J connectivity index is 2.65. The molecule has 2 heterocycles. The zero-order chi connectivity index (χ0) is 16.1. The van der Waals surface area contributed by atoms with Gasteiger partial charge in [0, 0.05) is 31.8 Å². The van der Waals surface area contributed by atoms with Crippen molar-refractivity contribution in [3.05, 3.63) is 34.2 Å². The molecule has 0 unspecified atom stereocenters. The monoisotopic (exact) mass is 305 g/mol. The number of hydrogen-bond acceptors (Lipinski definition) is 6. The molecular formula is C15H19N3O4. The van der Waals surface area contributed by atoms with E-state index >= 15 is 0 Å². The molecule has 7 nitrogen and oxygen atoms in total. The van der Waals surface area contributed by atoms with Gasteiger partial charge in [-0.3, -0.25) is 9.36 Å². The van der Waals surface area contributed by atoms with Gasteiger partial charge in [0.05, 0.1) is 12.3 Å². The van der Waals surface area contributed by atoms with Crippen LogP contribution in [0.4, 0.5) is 5.69 Å². The highest BCUT2D eigenvalue weighted by Crippen LogP contribution is 2.21. The molecule has 0 aromatic carbocycles. The number of nitrogen functional groups attached to an aromatic ring is 1. The molecule has 0 saturated heterocycles. The lowest BCUT2D eigenvalue weighted by molar-refractivity contribution is 0.0525. The van der Waals surface area contributed by atoms with E-state index in [1.54, 1.807) is 32.4 Å². The van der Waals surface area contributed by atoms with E-state index in [-0.39, 0.29) is 17.9 Å². The highest BCUT2D eigenvalue weighted by Gasteiger charge is 2.22. The third-order valence-corrected chi connectivity index (χ3v) is 3.27. The Kier molecular flexibility index (Phi) is 5.11. The van der Waals surface area contributed by atoms with Gasteiger partial charge in [-0.25, -0.2) is 9.78 Å². The first-order valence-electron chi connectivity index (χ1n) is 7.04. The van der Waals surface area contributed by atoms with Crippen molar-refractivity contribution in [2.24, 2.45) is 0 Å². The fourth-order valence-electron chi connectivity index (χ4n) is 2.28. The molecule has 0 radical (unpaired) electrons. The van der Waals surface area contributed by atoms with E-state index < -0.39 is 11.5 Å². The maximum Gasteiger partial charge on any atom is 0.345 e. The fourth-order valence-corrected chi connectivity index (χ4v) is 2.28. The quantitative estimate of drug-likeness (QED) is 0.636. The van der Waals surface area contributed by atoms with Crippen molar-refractivity contribution in [3.8, 4) is 0 Å². The highest BCUT2D eigenvalue weighted by molar-refractivity contribution is 6.03. The van der Waals surface area contributed by atoms with Crippen LogP contribution >= 0.6 is 0 Å². The van der Waals surface area contributed by atoms with Crippen LogP contribution in [0.15, 0.2) is 23.1 Å². The summed E-state index contributed by atoms with van der Waals surface area (Å²) in [4.78, 5) is 28.9. The number of esters is 1. The molecule has 2 aromatic heterocycles. The number of carbonyl (C=O) groups excluding carboxylic acids is 1. The van der Waals surface area contributed by atoms with Crippen LogP contribution in [0.25, 0.3) is 11.0 Å². The second kappa shape index (κ2) is 7.04. The first kappa shape index (κ1) is 16.0. The number of methoxy groups -OCH3 is 1. The molecule has 0 aliphatic heterocycles. The van der Waals surface area contributed by atoms with Crippen molar-refractivity contribution in [1.29, 1.82) is 0 Å². The van der Waals surface area contributed by atoms with Gasteiger partial charge < -0.3 is 15.2 Å². The Hall–Kier alpha value is -2.41. The predicted octanol–water partition coefficient (Wildman–Crippen LogP) is 1.19. The molecule has 0 spiro atoms. The molecule has 0 aliphatic carbocycles. The van der Waals surface area contributed by atoms with Crippen molar-refractivity contribution in [2.75, 3.05) is 26.1 Å². The third-order valence-electron chi connectivity index (χ3n) is 3.27. The van der Waals surface area contributed by atoms with Crippen LogP contribution in [0.2, 0.25) is 0 Å². The summed E-state index contributed by atoms with van der Waals surface area (Å²) in [6.07, 6.45) is 2.20. The van der Waals surface area contributed by atoms with Crippen LogP contribution < -0.4 is 11.3 Å². The smallest absolute Gasteiger partial charge is 0.345 e. The van der Waals surface area contributed by atoms with Crippen LogP contribution in [0.1, 0.15) is 23.7 Å². The van der Waals surface area contributed by atoms with Crippen molar-refractivity contribution >= 4 is 22.7 Å². The van der Waals surface area contributed by atoms with E-state index in [1.165, 1.54) is 4.57 Å². The Morgan fingerprint density at radius 1 is 1.45 bits per heavy atom. The van der Waals surface area contributed by atoms with Gasteiger partial charge >= 0.3 is 5.97 Å². The largest absolute Gasteiger partial charge is 0.462 e. The van der Waals surface area contributed by atoms with Gasteiger partial charge in [-0.2, -0.15) is 0 Å². The SMILES string of the molecule is CCOC(=O)c1c(N)c2cccnc2n(CCCOC)c1=O. The summed E-state index contributed by atoms with van der Waals surface area (Å²) < 4.78 is 11.4. The number of aromatic nitrogens is 2. The second-order valence-electron chi connectivity index (χ2n) is 4.69. The van der Waals surface area contributed by atoms with Crippen molar-refractivity contribution < 1.29 is 14.3 Å². The number of carbonyl (C=O) groups is 1. The number of anilines is 1. The average molecular weight is 305 g/mol. The minimum absolute atomic E-state index is 0.106. The van der Waals surface area contributed by atoms with Gasteiger partial charge in [0.15, 0.2) is 0 Å². The number of nitrogens with two attached hydrogens (primary N) is 1. The topological polar surface area (TPSA) is 96.4 Å². The Bertz CT molecular complexity index is 739. The number of nitrogens with zero attached hydrogens (tertiary/aromatic N) is 2. The summed E-state index contributed by atoms with van der Waals surface area (Å²) in [6.45, 7) is 2.73. The van der Waals surface area contributed by atoms with Crippen LogP contribution in [0, 0.1) is 0 Å². The lowest BCUT2D eigenvalue weighted by Gasteiger charge is -2.14. The summed E-state index contributed by atoms with van der Waals surface area (Å²) in [5, 5.41) is 0.558. The standard InChI is InChI=1S/C15H19N3O4/c1-3-22-15(20)11-12(16)10-6-4-7-17-13(10)18(14(11)19)8-5-9-21-2/h4,6-7H,3,5,8-9,16H2,1-2H3. The number of hydrogen-bond donors (Lipinski definition) is 1. The van der Waals surface area contributed by atoms with Crippen molar-refractivity contribution in [2.45, 2.75) is 19.9 Å². The Morgan fingerprint density at radius 2 is 2.23 bits per heavy atom. The number of ether oxygens (including phenoxy) is 2. The normalized spacial score (nSPS) is 10.8. The van der Waals surface area contributed by atoms with Gasteiger partial charge in [-0.15, -0.1) is 0 Å². The lowest BCUT2D eigenvalue weighted by Crippen LogP contribution is -2.30. The summed E-state index contributed by atoms with van der Waals surface area (Å²) in [7, 11) is 1.59. The molecule has 2 aromatic rings. The molecule has 2 rings (SSSR count).